The van der Waals surface area contributed by atoms with Gasteiger partial charge in [0.15, 0.2) is 23.0 Å². The molecule has 0 unspecified atom stereocenters. The fraction of sp³-hybridized carbons (Fsp3) is 0.0909. The molecule has 2 heterocycles. The molecule has 0 amide bonds. The van der Waals surface area contributed by atoms with Crippen LogP contribution in [0.25, 0.3) is 0 Å². The Bertz CT molecular complexity index is 1570. The van der Waals surface area contributed by atoms with Crippen molar-refractivity contribution in [2.24, 2.45) is 0 Å². The first-order valence-electron chi connectivity index (χ1n) is 12.5. The lowest BCUT2D eigenvalue weighted by Crippen LogP contribution is -2.21. The molecule has 4 nitrogen and oxygen atoms in total. The van der Waals surface area contributed by atoms with Crippen molar-refractivity contribution in [1.82, 2.24) is 0 Å². The minimum atomic E-state index is 0.850. The van der Waals surface area contributed by atoms with E-state index in [1.54, 1.807) is 0 Å². The summed E-state index contributed by atoms with van der Waals surface area (Å²) < 4.78 is 12.7. The lowest BCUT2D eigenvalue weighted by atomic mass is 10.0. The maximum Gasteiger partial charge on any atom is 0.151 e. The SMILES string of the molecule is Cc1cccc2c1N(c1cccc(N3c4ccccc4Oc4cccc(C)c43)c1C)c1ccccc1O2. The minimum Gasteiger partial charge on any atom is -0.453 e. The lowest BCUT2D eigenvalue weighted by molar-refractivity contribution is 0.476. The smallest absolute Gasteiger partial charge is 0.151 e. The van der Waals surface area contributed by atoms with Crippen molar-refractivity contribution in [3.05, 3.63) is 120 Å². The van der Waals surface area contributed by atoms with Gasteiger partial charge in [-0.2, -0.15) is 0 Å². The van der Waals surface area contributed by atoms with Crippen LogP contribution in [-0.4, -0.2) is 0 Å². The van der Waals surface area contributed by atoms with Crippen LogP contribution >= 0.6 is 0 Å². The van der Waals surface area contributed by atoms with Crippen LogP contribution in [0.1, 0.15) is 16.7 Å². The van der Waals surface area contributed by atoms with E-state index in [9.17, 15) is 0 Å². The van der Waals surface area contributed by atoms with Gasteiger partial charge in [0.05, 0.1) is 34.1 Å². The molecule has 4 heteroatoms. The van der Waals surface area contributed by atoms with Crippen molar-refractivity contribution in [2.75, 3.05) is 9.80 Å². The number of rotatable bonds is 2. The van der Waals surface area contributed by atoms with Gasteiger partial charge in [0, 0.05) is 0 Å². The molecule has 0 spiro atoms. The molecule has 5 aromatic carbocycles. The van der Waals surface area contributed by atoms with E-state index >= 15 is 0 Å². The molecule has 0 atom stereocenters. The van der Waals surface area contributed by atoms with Gasteiger partial charge in [0.2, 0.25) is 0 Å². The molecule has 0 fully saturated rings. The highest BCUT2D eigenvalue weighted by Crippen LogP contribution is 2.56. The van der Waals surface area contributed by atoms with Gasteiger partial charge in [-0.05, 0) is 86.0 Å². The summed E-state index contributed by atoms with van der Waals surface area (Å²) in [6, 6.07) is 35.5. The van der Waals surface area contributed by atoms with Gasteiger partial charge in [-0.25, -0.2) is 0 Å². The molecule has 0 N–H and O–H groups in total. The number of hydrogen-bond donors (Lipinski definition) is 0. The van der Waals surface area contributed by atoms with Crippen molar-refractivity contribution in [3.63, 3.8) is 0 Å². The fourth-order valence-electron chi connectivity index (χ4n) is 5.53. The number of nitrogens with zero attached hydrogens (tertiary/aromatic N) is 2. The highest BCUT2D eigenvalue weighted by Gasteiger charge is 2.32. The van der Waals surface area contributed by atoms with Crippen molar-refractivity contribution in [3.8, 4) is 23.0 Å². The Morgan fingerprint density at radius 2 is 0.784 bits per heavy atom. The van der Waals surface area contributed by atoms with E-state index in [2.05, 4.69) is 85.2 Å². The number of para-hydroxylation sites is 6. The second kappa shape index (κ2) is 8.17. The van der Waals surface area contributed by atoms with E-state index in [1.165, 1.54) is 5.56 Å². The zero-order valence-electron chi connectivity index (χ0n) is 21.0. The second-order valence-electron chi connectivity index (χ2n) is 9.57. The molecular formula is C33H26N2O2. The predicted molar refractivity (Wildman–Crippen MR) is 150 cm³/mol. The van der Waals surface area contributed by atoms with Crippen LogP contribution in [0.4, 0.5) is 34.1 Å². The summed E-state index contributed by atoms with van der Waals surface area (Å²) in [4.78, 5) is 4.68. The van der Waals surface area contributed by atoms with Gasteiger partial charge in [-0.3, -0.25) is 0 Å². The summed E-state index contributed by atoms with van der Waals surface area (Å²) in [6.07, 6.45) is 0. The van der Waals surface area contributed by atoms with Crippen molar-refractivity contribution >= 4 is 34.1 Å². The Labute approximate surface area is 216 Å². The Morgan fingerprint density at radius 3 is 1.27 bits per heavy atom. The third-order valence-corrected chi connectivity index (χ3v) is 7.26. The van der Waals surface area contributed by atoms with Crippen molar-refractivity contribution < 1.29 is 9.47 Å². The average Bonchev–Trinajstić information content (AvgIpc) is 2.91. The molecular weight excluding hydrogens is 456 g/mol. The molecule has 5 aromatic rings. The molecule has 7 rings (SSSR count). The van der Waals surface area contributed by atoms with Crippen LogP contribution in [0.2, 0.25) is 0 Å². The van der Waals surface area contributed by atoms with Gasteiger partial charge in [-0.15, -0.1) is 0 Å². The number of hydrogen-bond acceptors (Lipinski definition) is 4. The second-order valence-corrected chi connectivity index (χ2v) is 9.57. The van der Waals surface area contributed by atoms with Crippen LogP contribution in [0.3, 0.4) is 0 Å². The third-order valence-electron chi connectivity index (χ3n) is 7.26. The molecule has 2 aliphatic heterocycles. The number of aryl methyl sites for hydroxylation is 2. The molecule has 0 aliphatic carbocycles. The number of ether oxygens (including phenoxy) is 2. The first-order chi connectivity index (χ1) is 18.1. The number of fused-ring (bicyclic) bond motifs is 4. The Balaban J connectivity index is 1.48. The number of benzene rings is 5. The third kappa shape index (κ3) is 3.22. The van der Waals surface area contributed by atoms with E-state index in [0.717, 1.165) is 68.2 Å². The standard InChI is InChI=1S/C33H26N2O2/c1-21-11-8-19-30-32(21)34(26-13-4-6-17-28(26)36-30)24-15-10-16-25(23(24)3)35-27-14-5-7-18-29(27)37-31-20-9-12-22(2)33(31)35/h4-20H,1-3H3. The molecule has 0 saturated carbocycles. The molecule has 180 valence electrons. The predicted octanol–water partition coefficient (Wildman–Crippen LogP) is 9.76. The summed E-state index contributed by atoms with van der Waals surface area (Å²) in [7, 11) is 0. The quantitative estimate of drug-likeness (QED) is 0.245. The highest BCUT2D eigenvalue weighted by atomic mass is 16.5. The van der Waals surface area contributed by atoms with Crippen LogP contribution < -0.4 is 19.3 Å². The Kier molecular flexibility index (Phi) is 4.76. The molecule has 0 saturated heterocycles. The van der Waals surface area contributed by atoms with Crippen LogP contribution in [0, 0.1) is 20.8 Å². The summed E-state index contributed by atoms with van der Waals surface area (Å²) in [5.41, 5.74) is 9.92. The Morgan fingerprint density at radius 1 is 0.405 bits per heavy atom. The van der Waals surface area contributed by atoms with E-state index in [0.29, 0.717) is 0 Å². The lowest BCUT2D eigenvalue weighted by Gasteiger charge is -2.38. The van der Waals surface area contributed by atoms with E-state index < -0.39 is 0 Å². The van der Waals surface area contributed by atoms with E-state index in [4.69, 9.17) is 9.47 Å². The summed E-state index contributed by atoms with van der Waals surface area (Å²) in [5.74, 6) is 3.43. The molecule has 0 aromatic heterocycles. The average molecular weight is 483 g/mol. The summed E-state index contributed by atoms with van der Waals surface area (Å²) in [5, 5.41) is 0. The van der Waals surface area contributed by atoms with Gasteiger partial charge >= 0.3 is 0 Å². The first-order valence-corrected chi connectivity index (χ1v) is 12.5. The molecule has 0 bridgehead atoms. The van der Waals surface area contributed by atoms with Gasteiger partial charge in [0.1, 0.15) is 0 Å². The monoisotopic (exact) mass is 482 g/mol. The van der Waals surface area contributed by atoms with Crippen LogP contribution in [-0.2, 0) is 0 Å². The first kappa shape index (κ1) is 21.6. The zero-order chi connectivity index (χ0) is 25.1. The van der Waals surface area contributed by atoms with Gasteiger partial charge < -0.3 is 19.3 Å². The highest BCUT2D eigenvalue weighted by molar-refractivity contribution is 5.94. The van der Waals surface area contributed by atoms with E-state index in [1.807, 2.05) is 48.5 Å². The number of anilines is 6. The molecule has 2 aliphatic rings. The van der Waals surface area contributed by atoms with Gasteiger partial charge in [-0.1, -0.05) is 54.6 Å². The fourth-order valence-corrected chi connectivity index (χ4v) is 5.53. The molecule has 0 radical (unpaired) electrons. The summed E-state index contributed by atoms with van der Waals surface area (Å²) >= 11 is 0. The minimum absolute atomic E-state index is 0.850. The van der Waals surface area contributed by atoms with Crippen molar-refractivity contribution in [1.29, 1.82) is 0 Å². The largest absolute Gasteiger partial charge is 0.453 e. The van der Waals surface area contributed by atoms with E-state index in [-0.39, 0.29) is 0 Å². The molecule has 37 heavy (non-hydrogen) atoms. The zero-order valence-corrected chi connectivity index (χ0v) is 21.0. The normalized spacial score (nSPS) is 13.1. The van der Waals surface area contributed by atoms with Crippen LogP contribution in [0.5, 0.6) is 23.0 Å². The topological polar surface area (TPSA) is 24.9 Å². The van der Waals surface area contributed by atoms with Crippen molar-refractivity contribution in [2.45, 2.75) is 20.8 Å². The Hall–Kier alpha value is -4.70. The maximum absolute atomic E-state index is 6.34. The van der Waals surface area contributed by atoms with Gasteiger partial charge in [0.25, 0.3) is 0 Å². The van der Waals surface area contributed by atoms with Crippen LogP contribution in [0.15, 0.2) is 103 Å². The maximum atomic E-state index is 6.34. The summed E-state index contributed by atoms with van der Waals surface area (Å²) in [6.45, 7) is 6.48.